The second-order valence-corrected chi connectivity index (χ2v) is 6.42. The second-order valence-electron chi connectivity index (χ2n) is 6.42. The number of carbonyl (C=O) groups excluding carboxylic acids is 1. The van der Waals surface area contributed by atoms with Crippen LogP contribution in [0.15, 0.2) is 0 Å². The van der Waals surface area contributed by atoms with E-state index in [9.17, 15) is 14.7 Å². The maximum Gasteiger partial charge on any atom is 0.307 e. The van der Waals surface area contributed by atoms with Gasteiger partial charge in [-0.1, -0.05) is 20.3 Å². The van der Waals surface area contributed by atoms with Gasteiger partial charge in [0.25, 0.3) is 0 Å². The summed E-state index contributed by atoms with van der Waals surface area (Å²) in [5.74, 6) is -1.78. The van der Waals surface area contributed by atoms with E-state index in [-0.39, 0.29) is 23.5 Å². The van der Waals surface area contributed by atoms with Crippen LogP contribution >= 0.6 is 0 Å². The van der Waals surface area contributed by atoms with E-state index in [0.717, 1.165) is 32.1 Å². The van der Waals surface area contributed by atoms with Crippen molar-refractivity contribution in [1.29, 1.82) is 0 Å². The lowest BCUT2D eigenvalue weighted by molar-refractivity contribution is -0.147. The minimum Gasteiger partial charge on any atom is -0.481 e. The number of rotatable bonds is 5. The van der Waals surface area contributed by atoms with Crippen molar-refractivity contribution < 1.29 is 19.4 Å². The topological polar surface area (TPSA) is 75.6 Å². The van der Waals surface area contributed by atoms with Crippen molar-refractivity contribution in [2.45, 2.75) is 70.4 Å². The number of hydrogen-bond donors (Lipinski definition) is 2. The normalized spacial score (nSPS) is 31.8. The summed E-state index contributed by atoms with van der Waals surface area (Å²) in [6.45, 7) is 4.90. The largest absolute Gasteiger partial charge is 0.481 e. The zero-order valence-corrected chi connectivity index (χ0v) is 13.1. The molecule has 0 radical (unpaired) electrons. The number of hydrogen-bond acceptors (Lipinski definition) is 3. The lowest BCUT2D eigenvalue weighted by atomic mass is 9.85. The van der Waals surface area contributed by atoms with Crippen molar-refractivity contribution in [1.82, 2.24) is 5.32 Å². The van der Waals surface area contributed by atoms with Crippen LogP contribution in [0.4, 0.5) is 0 Å². The van der Waals surface area contributed by atoms with Crippen LogP contribution in [0, 0.1) is 11.8 Å². The summed E-state index contributed by atoms with van der Waals surface area (Å²) >= 11 is 0. The maximum absolute atomic E-state index is 12.4. The van der Waals surface area contributed by atoms with Crippen LogP contribution in [-0.4, -0.2) is 35.2 Å². The third-order valence-electron chi connectivity index (χ3n) is 5.30. The Bertz CT molecular complexity index is 392. The van der Waals surface area contributed by atoms with Gasteiger partial charge in [0.1, 0.15) is 0 Å². The molecule has 21 heavy (non-hydrogen) atoms. The smallest absolute Gasteiger partial charge is 0.307 e. The zero-order chi connectivity index (χ0) is 15.5. The monoisotopic (exact) mass is 297 g/mol. The molecular formula is C16H27NO4. The third kappa shape index (κ3) is 3.57. The molecule has 0 aromatic rings. The Labute approximate surface area is 126 Å². The molecule has 3 atom stereocenters. The molecule has 5 heteroatoms. The summed E-state index contributed by atoms with van der Waals surface area (Å²) in [7, 11) is 0. The van der Waals surface area contributed by atoms with Crippen molar-refractivity contribution in [2.24, 2.45) is 11.8 Å². The zero-order valence-electron chi connectivity index (χ0n) is 13.1. The standard InChI is InChI=1S/C16H27NO4/c1-3-16(4-2)10-11(8-9-21-16)17-14(18)12-6-5-7-13(12)15(19)20/h11-13H,3-10H2,1-2H3,(H,17,18)(H,19,20)/t11?,12-,13+/m1/s1. The molecule has 2 rings (SSSR count). The number of aliphatic carboxylic acids is 1. The first-order valence-electron chi connectivity index (χ1n) is 8.18. The van der Waals surface area contributed by atoms with E-state index in [1.54, 1.807) is 0 Å². The van der Waals surface area contributed by atoms with Crippen molar-refractivity contribution in [3.63, 3.8) is 0 Å². The fourth-order valence-corrected chi connectivity index (χ4v) is 3.77. The Morgan fingerprint density at radius 1 is 1.19 bits per heavy atom. The Balaban J connectivity index is 1.94. The second kappa shape index (κ2) is 6.77. The number of nitrogens with one attached hydrogen (secondary N) is 1. The van der Waals surface area contributed by atoms with Gasteiger partial charge in [0, 0.05) is 12.6 Å². The van der Waals surface area contributed by atoms with Gasteiger partial charge < -0.3 is 15.2 Å². The number of carboxylic acids is 1. The highest BCUT2D eigenvalue weighted by molar-refractivity contribution is 5.85. The van der Waals surface area contributed by atoms with Gasteiger partial charge in [-0.05, 0) is 38.5 Å². The van der Waals surface area contributed by atoms with Crippen molar-refractivity contribution >= 4 is 11.9 Å². The van der Waals surface area contributed by atoms with Gasteiger partial charge in [-0.25, -0.2) is 0 Å². The molecule has 120 valence electrons. The predicted octanol–water partition coefficient (Wildman–Crippen LogP) is 2.34. The van der Waals surface area contributed by atoms with Crippen molar-refractivity contribution in [2.75, 3.05) is 6.61 Å². The predicted molar refractivity (Wildman–Crippen MR) is 78.9 cm³/mol. The first-order chi connectivity index (χ1) is 10.0. The molecule has 5 nitrogen and oxygen atoms in total. The van der Waals surface area contributed by atoms with Crippen molar-refractivity contribution in [3.05, 3.63) is 0 Å². The first-order valence-corrected chi connectivity index (χ1v) is 8.18. The summed E-state index contributed by atoms with van der Waals surface area (Å²) in [6, 6.07) is 0.112. The van der Waals surface area contributed by atoms with E-state index in [0.29, 0.717) is 19.4 Å². The van der Waals surface area contributed by atoms with Gasteiger partial charge in [-0.15, -0.1) is 0 Å². The first kappa shape index (κ1) is 16.3. The van der Waals surface area contributed by atoms with Gasteiger partial charge in [0.05, 0.1) is 17.4 Å². The summed E-state index contributed by atoms with van der Waals surface area (Å²) in [5, 5.41) is 12.3. The molecule has 0 bridgehead atoms. The quantitative estimate of drug-likeness (QED) is 0.816. The minimum atomic E-state index is -0.837. The Morgan fingerprint density at radius 3 is 2.48 bits per heavy atom. The average Bonchev–Trinajstić information content (AvgIpc) is 2.97. The summed E-state index contributed by atoms with van der Waals surface area (Å²) in [4.78, 5) is 23.6. The SMILES string of the molecule is CCC1(CC)CC(NC(=O)[C@@H]2CCC[C@@H]2C(=O)O)CCO1. The lowest BCUT2D eigenvalue weighted by Crippen LogP contribution is -2.50. The number of amides is 1. The van der Waals surface area contributed by atoms with E-state index < -0.39 is 11.9 Å². The molecular weight excluding hydrogens is 270 g/mol. The highest BCUT2D eigenvalue weighted by Crippen LogP contribution is 2.34. The highest BCUT2D eigenvalue weighted by atomic mass is 16.5. The molecule has 0 spiro atoms. The highest BCUT2D eigenvalue weighted by Gasteiger charge is 2.40. The molecule has 1 heterocycles. The average molecular weight is 297 g/mol. The van der Waals surface area contributed by atoms with Gasteiger partial charge in [0.15, 0.2) is 0 Å². The Morgan fingerprint density at radius 2 is 1.86 bits per heavy atom. The van der Waals surface area contributed by atoms with Crippen LogP contribution in [0.5, 0.6) is 0 Å². The maximum atomic E-state index is 12.4. The van der Waals surface area contributed by atoms with Crippen molar-refractivity contribution in [3.8, 4) is 0 Å². The van der Waals surface area contributed by atoms with E-state index in [1.807, 2.05) is 0 Å². The molecule has 1 saturated carbocycles. The number of ether oxygens (including phenoxy) is 1. The molecule has 1 amide bonds. The lowest BCUT2D eigenvalue weighted by Gasteiger charge is -2.40. The number of carboxylic acid groups (broad SMARTS) is 1. The number of carbonyl (C=O) groups is 2. The van der Waals surface area contributed by atoms with E-state index >= 15 is 0 Å². The molecule has 2 fully saturated rings. The summed E-state index contributed by atoms with van der Waals surface area (Å²) in [5.41, 5.74) is -0.127. The third-order valence-corrected chi connectivity index (χ3v) is 5.30. The fraction of sp³-hybridized carbons (Fsp3) is 0.875. The van der Waals surface area contributed by atoms with E-state index in [2.05, 4.69) is 19.2 Å². The molecule has 1 saturated heterocycles. The molecule has 0 aromatic carbocycles. The Hall–Kier alpha value is -1.10. The molecule has 0 aromatic heterocycles. The van der Waals surface area contributed by atoms with Crippen LogP contribution in [-0.2, 0) is 14.3 Å². The van der Waals surface area contributed by atoms with Gasteiger partial charge in [0.2, 0.25) is 5.91 Å². The van der Waals surface area contributed by atoms with Gasteiger partial charge in [-0.3, -0.25) is 9.59 Å². The minimum absolute atomic E-state index is 0.0760. The van der Waals surface area contributed by atoms with E-state index in [1.165, 1.54) is 0 Å². The molecule has 2 aliphatic rings. The fourth-order valence-electron chi connectivity index (χ4n) is 3.77. The van der Waals surface area contributed by atoms with Crippen LogP contribution in [0.25, 0.3) is 0 Å². The molecule has 2 N–H and O–H groups in total. The molecule has 1 aliphatic heterocycles. The van der Waals surface area contributed by atoms with Crippen LogP contribution in [0.2, 0.25) is 0 Å². The van der Waals surface area contributed by atoms with Gasteiger partial charge in [-0.2, -0.15) is 0 Å². The molecule has 1 unspecified atom stereocenters. The molecule has 1 aliphatic carbocycles. The van der Waals surface area contributed by atoms with Crippen LogP contribution in [0.1, 0.15) is 58.8 Å². The van der Waals surface area contributed by atoms with Crippen LogP contribution in [0.3, 0.4) is 0 Å². The van der Waals surface area contributed by atoms with Crippen LogP contribution < -0.4 is 5.32 Å². The van der Waals surface area contributed by atoms with E-state index in [4.69, 9.17) is 4.74 Å². The Kier molecular flexibility index (Phi) is 5.25. The summed E-state index contributed by atoms with van der Waals surface area (Å²) < 4.78 is 5.92. The van der Waals surface area contributed by atoms with Gasteiger partial charge >= 0.3 is 5.97 Å². The summed E-state index contributed by atoms with van der Waals surface area (Å²) in [6.07, 6.45) is 5.67.